The molecule has 0 radical (unpaired) electrons. The number of likely N-dealkylation sites (tertiary alicyclic amines) is 2. The van der Waals surface area contributed by atoms with E-state index in [1.54, 1.807) is 0 Å². The first kappa shape index (κ1) is 29.2. The van der Waals surface area contributed by atoms with Gasteiger partial charge in [-0.3, -0.25) is 9.69 Å². The highest BCUT2D eigenvalue weighted by molar-refractivity contribution is 5.94. The van der Waals surface area contributed by atoms with Gasteiger partial charge in [-0.2, -0.15) is 0 Å². The fourth-order valence-electron chi connectivity index (χ4n) is 7.66. The van der Waals surface area contributed by atoms with Gasteiger partial charge in [0, 0.05) is 63.6 Å². The number of nitrogens with one attached hydrogen (secondary N) is 1. The van der Waals surface area contributed by atoms with Gasteiger partial charge in [-0.25, -0.2) is 9.97 Å². The number of ether oxygens (including phenoxy) is 2. The van der Waals surface area contributed by atoms with E-state index in [1.807, 2.05) is 11.8 Å². The van der Waals surface area contributed by atoms with Crippen LogP contribution in [-0.4, -0.2) is 76.1 Å². The molecule has 8 nitrogen and oxygen atoms in total. The molecule has 3 saturated heterocycles. The summed E-state index contributed by atoms with van der Waals surface area (Å²) in [5, 5.41) is 3.47. The summed E-state index contributed by atoms with van der Waals surface area (Å²) in [4.78, 5) is 27.2. The molecule has 4 aliphatic rings. The largest absolute Gasteiger partial charge is 0.487 e. The number of rotatable bonds is 6. The molecule has 1 amide bonds. The number of nitrogens with zero attached hydrogens (tertiary/aromatic N) is 4. The van der Waals surface area contributed by atoms with Gasteiger partial charge in [-0.1, -0.05) is 48.0 Å². The van der Waals surface area contributed by atoms with E-state index in [-0.39, 0.29) is 23.7 Å². The Balaban J connectivity index is 0.901. The van der Waals surface area contributed by atoms with Gasteiger partial charge in [0.1, 0.15) is 29.2 Å². The number of carbonyl (C=O) groups excluding carboxylic acids is 1. The van der Waals surface area contributed by atoms with Crippen LogP contribution in [0.1, 0.15) is 83.8 Å². The molecule has 0 saturated carbocycles. The van der Waals surface area contributed by atoms with E-state index < -0.39 is 0 Å². The van der Waals surface area contributed by atoms with Crippen LogP contribution in [-0.2, 0) is 11.2 Å². The summed E-state index contributed by atoms with van der Waals surface area (Å²) in [6.45, 7) is 8.36. The summed E-state index contributed by atoms with van der Waals surface area (Å²) in [5.74, 6) is 1.80. The number of benzene rings is 2. The van der Waals surface area contributed by atoms with Gasteiger partial charge in [-0.05, 0) is 63.1 Å². The van der Waals surface area contributed by atoms with Gasteiger partial charge in [0.25, 0.3) is 5.91 Å². The molecular formula is C36H45N5O3. The number of hydrogen-bond donors (Lipinski definition) is 1. The molecule has 3 aromatic rings. The van der Waals surface area contributed by atoms with Gasteiger partial charge in [0.05, 0.1) is 12.2 Å². The number of aromatic nitrogens is 2. The average molecular weight is 596 g/mol. The van der Waals surface area contributed by atoms with Crippen LogP contribution in [0.25, 0.3) is 0 Å². The first-order chi connectivity index (χ1) is 21.5. The lowest BCUT2D eigenvalue weighted by Gasteiger charge is -2.44. The molecule has 8 heteroatoms. The molecule has 44 heavy (non-hydrogen) atoms. The third kappa shape index (κ3) is 6.07. The lowest BCUT2D eigenvalue weighted by atomic mass is 9.86. The van der Waals surface area contributed by atoms with E-state index in [1.165, 1.54) is 23.0 Å². The zero-order valence-corrected chi connectivity index (χ0v) is 26.1. The van der Waals surface area contributed by atoms with Crippen LogP contribution in [0, 0.1) is 13.8 Å². The molecule has 0 aliphatic carbocycles. The second-order valence-corrected chi connectivity index (χ2v) is 13.3. The smallest absolute Gasteiger partial charge is 0.272 e. The number of carbonyl (C=O) groups is 1. The van der Waals surface area contributed by atoms with Crippen molar-refractivity contribution < 1.29 is 14.3 Å². The van der Waals surface area contributed by atoms with E-state index in [0.717, 1.165) is 94.7 Å². The quantitative estimate of drug-likeness (QED) is 0.381. The Kier molecular flexibility index (Phi) is 8.29. The van der Waals surface area contributed by atoms with Gasteiger partial charge >= 0.3 is 0 Å². The van der Waals surface area contributed by atoms with Crippen LogP contribution < -0.4 is 10.1 Å². The van der Waals surface area contributed by atoms with Crippen molar-refractivity contribution in [3.8, 4) is 5.75 Å². The summed E-state index contributed by atoms with van der Waals surface area (Å²) in [5.41, 5.74) is 5.14. The zero-order valence-electron chi connectivity index (χ0n) is 26.1. The Bertz CT molecular complexity index is 1430. The predicted molar refractivity (Wildman–Crippen MR) is 171 cm³/mol. The van der Waals surface area contributed by atoms with Gasteiger partial charge in [0.2, 0.25) is 0 Å². The number of amides is 1. The molecule has 3 fully saturated rings. The van der Waals surface area contributed by atoms with Crippen LogP contribution in [0.2, 0.25) is 0 Å². The molecule has 1 N–H and O–H groups in total. The van der Waals surface area contributed by atoms with Crippen LogP contribution >= 0.6 is 0 Å². The number of anilines is 1. The van der Waals surface area contributed by atoms with E-state index in [0.29, 0.717) is 18.3 Å². The second-order valence-electron chi connectivity index (χ2n) is 13.3. The standard InChI is InChI=1S/C36H45N5O3/c1-25-10-12-27(13-11-25)31-9-5-7-30(43-31)23-37-34-26(2)33(38-24-39-34)35(42)41-18-14-29(15-19-41)40-20-16-36(17-21-40)22-28-6-3-4-8-32(28)44-36/h3-4,6,8,10-13,24,29-31H,5,7,9,14-23H2,1-2H3,(H,37,38,39). The van der Waals surface area contributed by atoms with E-state index in [4.69, 9.17) is 9.47 Å². The molecule has 1 spiro atoms. The van der Waals surface area contributed by atoms with E-state index in [9.17, 15) is 4.79 Å². The SMILES string of the molecule is Cc1ccc(C2CCCC(CNc3ncnc(C(=O)N4CCC(N5CCC6(CC5)Cc5ccccc5O6)CC4)c3C)O2)cc1. The molecule has 232 valence electrons. The average Bonchev–Trinajstić information content (AvgIpc) is 3.42. The van der Waals surface area contributed by atoms with E-state index in [2.05, 4.69) is 75.6 Å². The Morgan fingerprint density at radius 2 is 1.73 bits per heavy atom. The minimum atomic E-state index is -0.0287. The summed E-state index contributed by atoms with van der Waals surface area (Å²) in [6, 6.07) is 17.7. The monoisotopic (exact) mass is 595 g/mol. The van der Waals surface area contributed by atoms with Crippen molar-refractivity contribution in [1.82, 2.24) is 19.8 Å². The van der Waals surface area contributed by atoms with Crippen molar-refractivity contribution in [3.63, 3.8) is 0 Å². The summed E-state index contributed by atoms with van der Waals surface area (Å²) in [6.07, 6.45) is 10.1. The van der Waals surface area contributed by atoms with Crippen molar-refractivity contribution in [2.24, 2.45) is 0 Å². The highest BCUT2D eigenvalue weighted by Gasteiger charge is 2.43. The number of piperidine rings is 2. The lowest BCUT2D eigenvalue weighted by Crippen LogP contribution is -2.53. The summed E-state index contributed by atoms with van der Waals surface area (Å²) < 4.78 is 12.9. The fourth-order valence-corrected chi connectivity index (χ4v) is 7.66. The third-order valence-corrected chi connectivity index (χ3v) is 10.4. The first-order valence-electron chi connectivity index (χ1n) is 16.5. The topological polar surface area (TPSA) is 79.8 Å². The molecular weight excluding hydrogens is 550 g/mol. The minimum absolute atomic E-state index is 0.00877. The molecule has 2 aromatic carbocycles. The minimum Gasteiger partial charge on any atom is -0.487 e. The van der Waals surface area contributed by atoms with Gasteiger partial charge in [0.15, 0.2) is 0 Å². The van der Waals surface area contributed by atoms with E-state index >= 15 is 0 Å². The maximum atomic E-state index is 13.6. The molecule has 2 unspecified atom stereocenters. The molecule has 2 atom stereocenters. The highest BCUT2D eigenvalue weighted by Crippen LogP contribution is 2.41. The third-order valence-electron chi connectivity index (χ3n) is 10.4. The number of hydrogen-bond acceptors (Lipinski definition) is 7. The molecule has 4 aliphatic heterocycles. The Labute approximate surface area is 261 Å². The van der Waals surface area contributed by atoms with Crippen LogP contribution in [0.15, 0.2) is 54.9 Å². The number of fused-ring (bicyclic) bond motifs is 1. The van der Waals surface area contributed by atoms with Crippen LogP contribution in [0.4, 0.5) is 5.82 Å². The van der Waals surface area contributed by atoms with Crippen LogP contribution in [0.3, 0.4) is 0 Å². The lowest BCUT2D eigenvalue weighted by molar-refractivity contribution is -0.0442. The van der Waals surface area contributed by atoms with Crippen molar-refractivity contribution in [2.75, 3.05) is 38.0 Å². The summed E-state index contributed by atoms with van der Waals surface area (Å²) in [7, 11) is 0. The molecule has 1 aromatic heterocycles. The molecule has 5 heterocycles. The Morgan fingerprint density at radius 1 is 0.955 bits per heavy atom. The Morgan fingerprint density at radius 3 is 2.50 bits per heavy atom. The normalized spacial score (nSPS) is 23.7. The molecule has 0 bridgehead atoms. The van der Waals surface area contributed by atoms with Gasteiger partial charge < -0.3 is 19.7 Å². The number of para-hydroxylation sites is 1. The van der Waals surface area contributed by atoms with Crippen molar-refractivity contribution in [2.45, 2.75) is 89.1 Å². The van der Waals surface area contributed by atoms with Crippen LogP contribution in [0.5, 0.6) is 5.75 Å². The summed E-state index contributed by atoms with van der Waals surface area (Å²) >= 11 is 0. The maximum Gasteiger partial charge on any atom is 0.272 e. The maximum absolute atomic E-state index is 13.6. The van der Waals surface area contributed by atoms with Crippen molar-refractivity contribution in [3.05, 3.63) is 82.8 Å². The second kappa shape index (κ2) is 12.5. The predicted octanol–water partition coefficient (Wildman–Crippen LogP) is 5.89. The Hall–Kier alpha value is -3.49. The zero-order chi connectivity index (χ0) is 30.1. The van der Waals surface area contributed by atoms with Crippen molar-refractivity contribution in [1.29, 1.82) is 0 Å². The number of aryl methyl sites for hydroxylation is 1. The fraction of sp³-hybridized carbons (Fsp3) is 0.528. The highest BCUT2D eigenvalue weighted by atomic mass is 16.5. The van der Waals surface area contributed by atoms with Crippen molar-refractivity contribution >= 4 is 11.7 Å². The first-order valence-corrected chi connectivity index (χ1v) is 16.5. The molecule has 7 rings (SSSR count). The van der Waals surface area contributed by atoms with Gasteiger partial charge in [-0.15, -0.1) is 0 Å².